The normalized spacial score (nSPS) is 10.5. The Morgan fingerprint density at radius 1 is 1.16 bits per heavy atom. The van der Waals surface area contributed by atoms with Crippen LogP contribution in [0, 0.1) is 12.7 Å². The minimum absolute atomic E-state index is 0.164. The molecule has 0 bridgehead atoms. The van der Waals surface area contributed by atoms with Crippen LogP contribution >= 0.6 is 12.2 Å². The number of carbonyl (C=O) groups excluding carboxylic acids is 1. The molecule has 0 aliphatic heterocycles. The van der Waals surface area contributed by atoms with E-state index in [1.807, 2.05) is 35.9 Å². The third kappa shape index (κ3) is 3.61. The fourth-order valence-corrected chi connectivity index (χ4v) is 2.71. The molecule has 7 heteroatoms. The van der Waals surface area contributed by atoms with Gasteiger partial charge in [-0.15, -0.1) is 0 Å². The molecule has 0 spiro atoms. The predicted molar refractivity (Wildman–Crippen MR) is 101 cm³/mol. The summed E-state index contributed by atoms with van der Waals surface area (Å²) in [6.45, 7) is 1.68. The van der Waals surface area contributed by atoms with Crippen molar-refractivity contribution in [3.8, 4) is 0 Å². The average Bonchev–Trinajstić information content (AvgIpc) is 2.93. The van der Waals surface area contributed by atoms with E-state index < -0.39 is 0 Å². The maximum atomic E-state index is 13.5. The van der Waals surface area contributed by atoms with Crippen molar-refractivity contribution in [1.29, 1.82) is 0 Å². The molecule has 2 aromatic carbocycles. The third-order valence-electron chi connectivity index (χ3n) is 3.86. The summed E-state index contributed by atoms with van der Waals surface area (Å²) in [6.07, 6.45) is 1.76. The molecule has 1 amide bonds. The molecule has 0 fully saturated rings. The van der Waals surface area contributed by atoms with E-state index in [9.17, 15) is 9.18 Å². The molecule has 0 radical (unpaired) electrons. The van der Waals surface area contributed by atoms with Crippen molar-refractivity contribution in [2.75, 3.05) is 5.32 Å². The number of nitrogens with one attached hydrogen (secondary N) is 3. The van der Waals surface area contributed by atoms with Crippen LogP contribution in [0.2, 0.25) is 0 Å². The highest BCUT2D eigenvalue weighted by Gasteiger charge is 2.13. The van der Waals surface area contributed by atoms with Gasteiger partial charge in [-0.2, -0.15) is 0 Å². The number of aryl methyl sites for hydroxylation is 2. The lowest BCUT2D eigenvalue weighted by atomic mass is 10.2. The van der Waals surface area contributed by atoms with Gasteiger partial charge < -0.3 is 9.88 Å². The van der Waals surface area contributed by atoms with Gasteiger partial charge in [-0.3, -0.25) is 15.6 Å². The number of hydrogen-bond acceptors (Lipinski definition) is 2. The topological polar surface area (TPSA) is 58.1 Å². The molecule has 0 saturated carbocycles. The van der Waals surface area contributed by atoms with Gasteiger partial charge in [-0.25, -0.2) is 4.39 Å². The van der Waals surface area contributed by atoms with Crippen molar-refractivity contribution in [2.24, 2.45) is 7.05 Å². The summed E-state index contributed by atoms with van der Waals surface area (Å²) in [5, 5.41) is 3.83. The Kier molecular flexibility index (Phi) is 4.67. The minimum Gasteiger partial charge on any atom is -0.350 e. The number of fused-ring (bicyclic) bond motifs is 1. The van der Waals surface area contributed by atoms with Crippen LogP contribution in [0.15, 0.2) is 48.7 Å². The van der Waals surface area contributed by atoms with E-state index in [1.165, 1.54) is 6.07 Å². The number of hydrogen-bond donors (Lipinski definition) is 3. The molecule has 25 heavy (non-hydrogen) atoms. The zero-order valence-corrected chi connectivity index (χ0v) is 14.6. The summed E-state index contributed by atoms with van der Waals surface area (Å²) in [7, 11) is 1.88. The average molecular weight is 356 g/mol. The second-order valence-corrected chi connectivity index (χ2v) is 6.08. The van der Waals surface area contributed by atoms with Crippen molar-refractivity contribution < 1.29 is 9.18 Å². The second kappa shape index (κ2) is 6.90. The van der Waals surface area contributed by atoms with Gasteiger partial charge in [0, 0.05) is 29.8 Å². The Morgan fingerprint density at radius 2 is 1.92 bits per heavy atom. The summed E-state index contributed by atoms with van der Waals surface area (Å²) < 4.78 is 15.4. The van der Waals surface area contributed by atoms with Crippen molar-refractivity contribution >= 4 is 39.8 Å². The molecular formula is C18H17FN4OS. The molecule has 3 aromatic rings. The largest absolute Gasteiger partial charge is 0.350 e. The molecule has 1 heterocycles. The molecule has 5 nitrogen and oxygen atoms in total. The van der Waals surface area contributed by atoms with E-state index in [0.717, 1.165) is 10.9 Å². The van der Waals surface area contributed by atoms with Crippen LogP contribution in [0.1, 0.15) is 15.9 Å². The SMILES string of the molecule is Cc1ccc(NC(=S)NNC(=O)c2cn(C)c3ccccc23)cc1F. The molecule has 1 aromatic heterocycles. The standard InChI is InChI=1S/C18H17FN4OS/c1-11-7-8-12(9-15(11)19)20-18(25)22-21-17(24)14-10-23(2)16-6-4-3-5-13(14)16/h3-10H,1-2H3,(H,21,24)(H2,20,22,25). The Bertz CT molecular complexity index is 967. The van der Waals surface area contributed by atoms with E-state index in [0.29, 0.717) is 16.8 Å². The van der Waals surface area contributed by atoms with E-state index in [1.54, 1.807) is 25.3 Å². The van der Waals surface area contributed by atoms with Crippen LogP contribution < -0.4 is 16.2 Å². The van der Waals surface area contributed by atoms with Crippen molar-refractivity contribution in [2.45, 2.75) is 6.92 Å². The van der Waals surface area contributed by atoms with Crippen LogP contribution in [0.4, 0.5) is 10.1 Å². The molecule has 0 aliphatic rings. The summed E-state index contributed by atoms with van der Waals surface area (Å²) >= 11 is 5.12. The van der Waals surface area contributed by atoms with Crippen LogP contribution in [-0.4, -0.2) is 15.6 Å². The fourth-order valence-electron chi connectivity index (χ4n) is 2.54. The number of carbonyl (C=O) groups is 1. The molecule has 0 saturated heterocycles. The fraction of sp³-hybridized carbons (Fsp3) is 0.111. The number of amides is 1. The van der Waals surface area contributed by atoms with Gasteiger partial charge in [-0.1, -0.05) is 24.3 Å². The van der Waals surface area contributed by atoms with E-state index in [-0.39, 0.29) is 16.8 Å². The van der Waals surface area contributed by atoms with Gasteiger partial charge in [0.2, 0.25) is 0 Å². The monoisotopic (exact) mass is 356 g/mol. The summed E-state index contributed by atoms with van der Waals surface area (Å²) in [5.74, 6) is -0.636. The number of benzene rings is 2. The van der Waals surface area contributed by atoms with Crippen LogP contribution in [0.3, 0.4) is 0 Å². The first-order valence-corrected chi connectivity index (χ1v) is 8.04. The number of nitrogens with zero attached hydrogens (tertiary/aromatic N) is 1. The zero-order chi connectivity index (χ0) is 18.0. The quantitative estimate of drug-likeness (QED) is 0.487. The lowest BCUT2D eigenvalue weighted by Gasteiger charge is -2.11. The molecule has 0 unspecified atom stereocenters. The first-order chi connectivity index (χ1) is 12.0. The first-order valence-electron chi connectivity index (χ1n) is 7.63. The maximum absolute atomic E-state index is 13.5. The lowest BCUT2D eigenvalue weighted by molar-refractivity contribution is 0.0945. The number of para-hydroxylation sites is 1. The smallest absolute Gasteiger partial charge is 0.271 e. The Morgan fingerprint density at radius 3 is 2.68 bits per heavy atom. The van der Waals surface area contributed by atoms with Crippen LogP contribution in [0.5, 0.6) is 0 Å². The number of rotatable bonds is 2. The minimum atomic E-state index is -0.326. The van der Waals surface area contributed by atoms with E-state index >= 15 is 0 Å². The summed E-state index contributed by atoms with van der Waals surface area (Å²) in [5.41, 5.74) is 7.73. The van der Waals surface area contributed by atoms with Crippen LogP contribution in [0.25, 0.3) is 10.9 Å². The van der Waals surface area contributed by atoms with E-state index in [4.69, 9.17) is 12.2 Å². The van der Waals surface area contributed by atoms with E-state index in [2.05, 4.69) is 16.2 Å². The number of hydrazine groups is 1. The van der Waals surface area contributed by atoms with Crippen molar-refractivity contribution in [1.82, 2.24) is 15.4 Å². The Hall–Kier alpha value is -2.93. The number of aromatic nitrogens is 1. The predicted octanol–water partition coefficient (Wildman–Crippen LogP) is 3.26. The number of halogens is 1. The molecule has 0 aliphatic carbocycles. The molecular weight excluding hydrogens is 339 g/mol. The lowest BCUT2D eigenvalue weighted by Crippen LogP contribution is -2.43. The molecule has 3 rings (SSSR count). The van der Waals surface area contributed by atoms with Gasteiger partial charge in [-0.05, 0) is 42.9 Å². The molecule has 0 atom stereocenters. The van der Waals surface area contributed by atoms with Gasteiger partial charge >= 0.3 is 0 Å². The van der Waals surface area contributed by atoms with Crippen LogP contribution in [-0.2, 0) is 7.05 Å². The highest BCUT2D eigenvalue weighted by molar-refractivity contribution is 7.80. The summed E-state index contributed by atoms with van der Waals surface area (Å²) in [6, 6.07) is 12.3. The molecule has 3 N–H and O–H groups in total. The molecule has 128 valence electrons. The van der Waals surface area contributed by atoms with Gasteiger partial charge in [0.25, 0.3) is 5.91 Å². The number of anilines is 1. The zero-order valence-electron chi connectivity index (χ0n) is 13.8. The highest BCUT2D eigenvalue weighted by Crippen LogP contribution is 2.19. The van der Waals surface area contributed by atoms with Gasteiger partial charge in [0.1, 0.15) is 5.82 Å². The van der Waals surface area contributed by atoms with Crippen molar-refractivity contribution in [3.05, 3.63) is 65.6 Å². The summed E-state index contributed by atoms with van der Waals surface area (Å²) in [4.78, 5) is 12.4. The van der Waals surface area contributed by atoms with Gasteiger partial charge in [0.05, 0.1) is 5.56 Å². The second-order valence-electron chi connectivity index (χ2n) is 5.67. The van der Waals surface area contributed by atoms with Crippen molar-refractivity contribution in [3.63, 3.8) is 0 Å². The number of thiocarbonyl (C=S) groups is 1. The Labute approximate surface area is 149 Å². The maximum Gasteiger partial charge on any atom is 0.271 e. The van der Waals surface area contributed by atoms with Gasteiger partial charge in [0.15, 0.2) is 5.11 Å². The first kappa shape index (κ1) is 16.9. The highest BCUT2D eigenvalue weighted by atomic mass is 32.1. The Balaban J connectivity index is 1.65. The third-order valence-corrected chi connectivity index (χ3v) is 4.06.